The van der Waals surface area contributed by atoms with Gasteiger partial charge in [-0.15, -0.1) is 0 Å². The van der Waals surface area contributed by atoms with Crippen LogP contribution in [0.25, 0.3) is 0 Å². The Morgan fingerprint density at radius 3 is 1.83 bits per heavy atom. The third-order valence-electron chi connectivity index (χ3n) is 1.84. The molecular weight excluding hydrogens is 292 g/mol. The third-order valence-corrected chi connectivity index (χ3v) is 3.64. The summed E-state index contributed by atoms with van der Waals surface area (Å²) in [5.41, 5.74) is 3.30. The number of nitro groups is 1. The number of hydrogen-bond donors (Lipinski definition) is 3. The quantitative estimate of drug-likeness (QED) is 0.291. The van der Waals surface area contributed by atoms with Gasteiger partial charge in [0.05, 0.1) is 10.6 Å². The lowest BCUT2D eigenvalue weighted by molar-refractivity contribution is -0.387. The Morgan fingerprint density at radius 1 is 1.06 bits per heavy atom. The smallest absolute Gasteiger partial charge is 0.301 e. The van der Waals surface area contributed by atoms with Gasteiger partial charge in [-0.1, -0.05) is 0 Å². The lowest BCUT2D eigenvalue weighted by Crippen LogP contribution is -2.09. The van der Waals surface area contributed by atoms with Gasteiger partial charge < -0.3 is 5.73 Å². The van der Waals surface area contributed by atoms with Crippen LogP contribution < -0.4 is 5.73 Å². The Kier molecular flexibility index (Phi) is 3.31. The average Bonchev–Trinajstić information content (AvgIpc) is 2.12. The number of nitrogens with two attached hydrogens (primary N) is 1. The number of hydrogen-bond acceptors (Lipinski definition) is 7. The van der Waals surface area contributed by atoms with Crippen LogP contribution in [-0.4, -0.2) is 30.9 Å². The van der Waals surface area contributed by atoms with Gasteiger partial charge in [0.1, 0.15) is 4.90 Å². The molecule has 1 aromatic carbocycles. The molecule has 1 aromatic rings. The number of anilines is 1. The summed E-state index contributed by atoms with van der Waals surface area (Å²) in [7, 11) is -9.93. The topological polar surface area (TPSA) is 178 Å². The number of nitrogen functional groups attached to an aromatic ring is 1. The Morgan fingerprint density at radius 2 is 1.50 bits per heavy atom. The molecule has 0 atom stereocenters. The van der Waals surface area contributed by atoms with Crippen LogP contribution >= 0.6 is 0 Å². The molecule has 0 spiro atoms. The summed E-state index contributed by atoms with van der Waals surface area (Å²) in [6, 6.07) is 0.615. The van der Waals surface area contributed by atoms with E-state index in [4.69, 9.17) is 14.8 Å². The van der Waals surface area contributed by atoms with Gasteiger partial charge in [0.2, 0.25) is 0 Å². The first-order chi connectivity index (χ1) is 7.94. The highest BCUT2D eigenvalue weighted by Crippen LogP contribution is 2.31. The van der Waals surface area contributed by atoms with Crippen molar-refractivity contribution < 1.29 is 30.9 Å². The van der Waals surface area contributed by atoms with Crippen LogP contribution in [0.5, 0.6) is 0 Å². The molecule has 12 heteroatoms. The molecule has 4 N–H and O–H groups in total. The highest BCUT2D eigenvalue weighted by atomic mass is 32.2. The Hall–Kier alpha value is -1.76. The second kappa shape index (κ2) is 4.16. The van der Waals surface area contributed by atoms with E-state index in [2.05, 4.69) is 0 Å². The molecule has 0 fully saturated rings. The van der Waals surface area contributed by atoms with Gasteiger partial charge in [-0.2, -0.15) is 16.8 Å². The number of benzene rings is 1. The standard InChI is InChI=1S/C6H6N2O8S2/c7-3-1-4(8(9)10)6(18(14,15)16)2-5(3)17(11,12)13/h1-2H,7H2,(H,11,12,13)(H,14,15,16). The minimum Gasteiger partial charge on any atom is -0.397 e. The van der Waals surface area contributed by atoms with Gasteiger partial charge >= 0.3 is 10.1 Å². The van der Waals surface area contributed by atoms with E-state index in [9.17, 15) is 26.9 Å². The zero-order valence-electron chi connectivity index (χ0n) is 8.34. The number of nitrogens with zero attached hydrogens (tertiary/aromatic N) is 1. The third kappa shape index (κ3) is 2.73. The fourth-order valence-electron chi connectivity index (χ4n) is 1.14. The average molecular weight is 298 g/mol. The molecule has 0 amide bonds. The van der Waals surface area contributed by atoms with Crippen molar-refractivity contribution in [3.05, 3.63) is 22.2 Å². The molecule has 18 heavy (non-hydrogen) atoms. The lowest BCUT2D eigenvalue weighted by atomic mass is 10.3. The highest BCUT2D eigenvalue weighted by Gasteiger charge is 2.29. The molecule has 0 saturated heterocycles. The molecule has 0 aromatic heterocycles. The normalized spacial score (nSPS) is 12.3. The van der Waals surface area contributed by atoms with E-state index in [-0.39, 0.29) is 6.07 Å². The Bertz CT molecular complexity index is 720. The van der Waals surface area contributed by atoms with Gasteiger partial charge in [0.15, 0.2) is 4.90 Å². The van der Waals surface area contributed by atoms with E-state index in [0.29, 0.717) is 6.07 Å². The van der Waals surface area contributed by atoms with Gasteiger partial charge in [-0.3, -0.25) is 19.2 Å². The van der Waals surface area contributed by atoms with E-state index in [1.165, 1.54) is 0 Å². The summed E-state index contributed by atoms with van der Waals surface area (Å²) in [6.45, 7) is 0. The summed E-state index contributed by atoms with van der Waals surface area (Å²) in [5.74, 6) is 0. The summed E-state index contributed by atoms with van der Waals surface area (Å²) in [6.07, 6.45) is 0. The van der Waals surface area contributed by atoms with Crippen LogP contribution in [0.4, 0.5) is 11.4 Å². The first-order valence-electron chi connectivity index (χ1n) is 3.97. The van der Waals surface area contributed by atoms with Gasteiger partial charge in [0, 0.05) is 6.07 Å². The van der Waals surface area contributed by atoms with Crippen LogP contribution in [0, 0.1) is 10.1 Å². The maximum Gasteiger partial charge on any atom is 0.301 e. The van der Waals surface area contributed by atoms with E-state index >= 15 is 0 Å². The van der Waals surface area contributed by atoms with Crippen molar-refractivity contribution in [3.8, 4) is 0 Å². The van der Waals surface area contributed by atoms with Crippen LogP contribution in [0.1, 0.15) is 0 Å². The fraction of sp³-hybridized carbons (Fsp3) is 0. The molecule has 1 rings (SSSR count). The van der Waals surface area contributed by atoms with E-state index < -0.39 is 46.3 Å². The number of nitro benzene ring substituents is 1. The van der Waals surface area contributed by atoms with Gasteiger partial charge in [0.25, 0.3) is 15.8 Å². The predicted molar refractivity (Wildman–Crippen MR) is 57.1 cm³/mol. The highest BCUT2D eigenvalue weighted by molar-refractivity contribution is 7.86. The van der Waals surface area contributed by atoms with E-state index in [0.717, 1.165) is 0 Å². The van der Waals surface area contributed by atoms with Crippen LogP contribution in [0.3, 0.4) is 0 Å². The van der Waals surface area contributed by atoms with Crippen molar-refractivity contribution in [2.24, 2.45) is 0 Å². The van der Waals surface area contributed by atoms with Crippen LogP contribution in [0.15, 0.2) is 21.9 Å². The molecule has 0 aliphatic carbocycles. The van der Waals surface area contributed by atoms with Crippen molar-refractivity contribution in [3.63, 3.8) is 0 Å². The summed E-state index contributed by atoms with van der Waals surface area (Å²) in [4.78, 5) is 7.03. The maximum absolute atomic E-state index is 10.9. The van der Waals surface area contributed by atoms with Gasteiger partial charge in [-0.05, 0) is 6.07 Å². The van der Waals surface area contributed by atoms with Crippen molar-refractivity contribution >= 4 is 31.6 Å². The zero-order chi connectivity index (χ0) is 14.3. The van der Waals surface area contributed by atoms with Crippen molar-refractivity contribution in [1.82, 2.24) is 0 Å². The minimum absolute atomic E-state index is 0.206. The fourth-order valence-corrected chi connectivity index (χ4v) is 2.50. The molecule has 100 valence electrons. The SMILES string of the molecule is Nc1cc([N+](=O)[O-])c(S(=O)(=O)O)cc1S(=O)(=O)O. The van der Waals surface area contributed by atoms with Gasteiger partial charge in [-0.25, -0.2) is 0 Å². The molecule has 0 heterocycles. The summed E-state index contributed by atoms with van der Waals surface area (Å²) >= 11 is 0. The lowest BCUT2D eigenvalue weighted by Gasteiger charge is -2.05. The second-order valence-corrected chi connectivity index (χ2v) is 5.84. The predicted octanol–water partition coefficient (Wildman–Crippen LogP) is -0.330. The number of rotatable bonds is 3. The van der Waals surface area contributed by atoms with Crippen molar-refractivity contribution in [2.75, 3.05) is 5.73 Å². The first kappa shape index (κ1) is 14.3. The minimum atomic E-state index is -5.05. The molecule has 0 unspecified atom stereocenters. The van der Waals surface area contributed by atoms with Crippen LogP contribution in [-0.2, 0) is 20.2 Å². The largest absolute Gasteiger partial charge is 0.397 e. The molecule has 0 radical (unpaired) electrons. The molecule has 0 saturated carbocycles. The maximum atomic E-state index is 10.9. The van der Waals surface area contributed by atoms with Crippen molar-refractivity contribution in [1.29, 1.82) is 0 Å². The summed E-state index contributed by atoms with van der Waals surface area (Å²) < 4.78 is 60.9. The molecular formula is C6H6N2O8S2. The first-order valence-corrected chi connectivity index (χ1v) is 6.85. The van der Waals surface area contributed by atoms with E-state index in [1.807, 2.05) is 0 Å². The summed E-state index contributed by atoms with van der Waals surface area (Å²) in [5, 5.41) is 10.5. The molecule has 0 aliphatic rings. The van der Waals surface area contributed by atoms with Crippen molar-refractivity contribution in [2.45, 2.75) is 9.79 Å². The Labute approximate surface area is 101 Å². The van der Waals surface area contributed by atoms with Crippen LogP contribution in [0.2, 0.25) is 0 Å². The molecule has 0 bridgehead atoms. The second-order valence-electron chi connectivity index (χ2n) is 3.07. The monoisotopic (exact) mass is 298 g/mol. The molecule has 10 nitrogen and oxygen atoms in total. The zero-order valence-corrected chi connectivity index (χ0v) is 9.97. The Balaban J connectivity index is 3.84. The van der Waals surface area contributed by atoms with E-state index in [1.54, 1.807) is 0 Å². The molecule has 0 aliphatic heterocycles.